The second-order valence-electron chi connectivity index (χ2n) is 11.1. The number of aromatic hydroxyl groups is 1. The Bertz CT molecular complexity index is 1520. The third kappa shape index (κ3) is 5.93. The van der Waals surface area contributed by atoms with Crippen molar-refractivity contribution in [2.45, 2.75) is 57.9 Å². The van der Waals surface area contributed by atoms with Crippen LogP contribution in [-0.4, -0.2) is 32.4 Å². The van der Waals surface area contributed by atoms with Crippen LogP contribution in [0.25, 0.3) is 11.3 Å². The van der Waals surface area contributed by atoms with Gasteiger partial charge in [0.15, 0.2) is 0 Å². The van der Waals surface area contributed by atoms with E-state index in [-0.39, 0.29) is 17.2 Å². The van der Waals surface area contributed by atoms with Crippen LogP contribution in [0.2, 0.25) is 0 Å². The van der Waals surface area contributed by atoms with E-state index >= 15 is 0 Å². The van der Waals surface area contributed by atoms with Gasteiger partial charge in [-0.3, -0.25) is 9.52 Å². The number of anilines is 1. The molecule has 0 unspecified atom stereocenters. The zero-order valence-corrected chi connectivity index (χ0v) is 23.9. The van der Waals surface area contributed by atoms with Crippen LogP contribution in [0.3, 0.4) is 0 Å². The molecular weight excluding hydrogens is 504 g/mol. The van der Waals surface area contributed by atoms with E-state index < -0.39 is 0 Å². The Morgan fingerprint density at radius 2 is 1.69 bits per heavy atom. The third-order valence-corrected chi connectivity index (χ3v) is 7.94. The summed E-state index contributed by atoms with van der Waals surface area (Å²) in [5, 5.41) is 10.3. The Kier molecular flexibility index (Phi) is 7.36. The lowest BCUT2D eigenvalue weighted by Crippen LogP contribution is -2.36. The highest BCUT2D eigenvalue weighted by Gasteiger charge is 2.24. The van der Waals surface area contributed by atoms with E-state index in [1.165, 1.54) is 28.6 Å². The molecule has 1 amide bonds. The van der Waals surface area contributed by atoms with Gasteiger partial charge in [0.25, 0.3) is 5.91 Å². The van der Waals surface area contributed by atoms with Gasteiger partial charge in [-0.05, 0) is 83.6 Å². The van der Waals surface area contributed by atoms with E-state index in [4.69, 9.17) is 0 Å². The van der Waals surface area contributed by atoms with Gasteiger partial charge in [-0.2, -0.15) is 4.98 Å². The molecule has 0 spiro atoms. The SMILES string of the molecule is Cc1cccc(C)c1-c1cc(O)nc(NSc2cccc(C(=O)N3CCc4ccc(C(C)(C)C)cc4C3)c2)n1. The summed E-state index contributed by atoms with van der Waals surface area (Å²) < 4.78 is 3.14. The molecular formula is C32H34N4O2S. The average molecular weight is 539 g/mol. The van der Waals surface area contributed by atoms with E-state index in [1.54, 1.807) is 6.07 Å². The summed E-state index contributed by atoms with van der Waals surface area (Å²) in [6.45, 7) is 12.0. The lowest BCUT2D eigenvalue weighted by molar-refractivity contribution is 0.0734. The summed E-state index contributed by atoms with van der Waals surface area (Å²) in [7, 11) is 0. The second-order valence-corrected chi connectivity index (χ2v) is 12.0. The van der Waals surface area contributed by atoms with Crippen LogP contribution in [0, 0.1) is 13.8 Å². The highest BCUT2D eigenvalue weighted by atomic mass is 32.2. The predicted octanol–water partition coefficient (Wildman–Crippen LogP) is 7.08. The Balaban J connectivity index is 1.30. The molecule has 0 bridgehead atoms. The smallest absolute Gasteiger partial charge is 0.254 e. The summed E-state index contributed by atoms with van der Waals surface area (Å²) >= 11 is 1.31. The quantitative estimate of drug-likeness (QED) is 0.264. The molecule has 0 fully saturated rings. The lowest BCUT2D eigenvalue weighted by Gasteiger charge is -2.31. The molecule has 0 atom stereocenters. The van der Waals surface area contributed by atoms with E-state index in [0.717, 1.165) is 28.0 Å². The van der Waals surface area contributed by atoms with Crippen molar-refractivity contribution in [1.82, 2.24) is 14.9 Å². The molecule has 1 aromatic heterocycles. The fraction of sp³-hybridized carbons (Fsp3) is 0.281. The Morgan fingerprint density at radius 3 is 2.44 bits per heavy atom. The lowest BCUT2D eigenvalue weighted by atomic mass is 9.84. The molecule has 2 N–H and O–H groups in total. The number of carbonyl (C=O) groups excluding carboxylic acids is 1. The number of fused-ring (bicyclic) bond motifs is 1. The van der Waals surface area contributed by atoms with Crippen molar-refractivity contribution < 1.29 is 9.90 Å². The van der Waals surface area contributed by atoms with Crippen LogP contribution in [0.15, 0.2) is 71.6 Å². The Hall–Kier alpha value is -3.84. The molecule has 5 rings (SSSR count). The fourth-order valence-corrected chi connectivity index (χ4v) is 5.64. The minimum atomic E-state index is -0.102. The Labute approximate surface area is 234 Å². The van der Waals surface area contributed by atoms with Gasteiger partial charge < -0.3 is 10.0 Å². The van der Waals surface area contributed by atoms with E-state index in [9.17, 15) is 9.90 Å². The van der Waals surface area contributed by atoms with Crippen molar-refractivity contribution in [3.8, 4) is 17.1 Å². The largest absolute Gasteiger partial charge is 0.493 e. The number of nitrogens with one attached hydrogen (secondary N) is 1. The van der Waals surface area contributed by atoms with Crippen LogP contribution in [0.1, 0.15) is 58.9 Å². The van der Waals surface area contributed by atoms with Crippen LogP contribution in [0.5, 0.6) is 5.88 Å². The summed E-state index contributed by atoms with van der Waals surface area (Å²) in [5.41, 5.74) is 8.35. The monoisotopic (exact) mass is 538 g/mol. The minimum absolute atomic E-state index is 0.0233. The summed E-state index contributed by atoms with van der Waals surface area (Å²) in [6.07, 6.45) is 0.860. The summed E-state index contributed by atoms with van der Waals surface area (Å²) in [6, 6.07) is 21.9. The van der Waals surface area contributed by atoms with Gasteiger partial charge in [0.2, 0.25) is 11.8 Å². The van der Waals surface area contributed by atoms with Crippen molar-refractivity contribution in [2.75, 3.05) is 11.3 Å². The normalized spacial score (nSPS) is 13.2. The van der Waals surface area contributed by atoms with Crippen molar-refractivity contribution >= 4 is 23.8 Å². The number of rotatable bonds is 5. The molecule has 0 saturated heterocycles. The number of nitrogens with zero attached hydrogens (tertiary/aromatic N) is 3. The molecule has 0 saturated carbocycles. The molecule has 200 valence electrons. The first-order chi connectivity index (χ1) is 18.6. The maximum atomic E-state index is 13.5. The van der Waals surface area contributed by atoms with Crippen molar-refractivity contribution in [3.63, 3.8) is 0 Å². The maximum Gasteiger partial charge on any atom is 0.254 e. The number of amides is 1. The van der Waals surface area contributed by atoms with Gasteiger partial charge in [-0.15, -0.1) is 0 Å². The minimum Gasteiger partial charge on any atom is -0.493 e. The molecule has 2 heterocycles. The third-order valence-electron chi connectivity index (χ3n) is 7.16. The first-order valence-corrected chi connectivity index (χ1v) is 14.0. The fourth-order valence-electron chi connectivity index (χ4n) is 5.00. The molecule has 1 aliphatic rings. The van der Waals surface area contributed by atoms with Crippen LogP contribution in [0.4, 0.5) is 5.95 Å². The van der Waals surface area contributed by atoms with Crippen molar-refractivity contribution in [2.24, 2.45) is 0 Å². The zero-order valence-electron chi connectivity index (χ0n) is 23.1. The van der Waals surface area contributed by atoms with E-state index in [0.29, 0.717) is 30.3 Å². The van der Waals surface area contributed by atoms with E-state index in [2.05, 4.69) is 53.7 Å². The van der Waals surface area contributed by atoms with E-state index in [1.807, 2.05) is 61.2 Å². The van der Waals surface area contributed by atoms with Gasteiger partial charge in [-0.25, -0.2) is 4.98 Å². The number of aryl methyl sites for hydroxylation is 2. The predicted molar refractivity (Wildman–Crippen MR) is 158 cm³/mol. The standard InChI is InChI=1S/C32H34N4O2S/c1-20-8-6-9-21(2)29(20)27-18-28(37)34-31(33-27)35-39-26-11-7-10-23(17-26)30(38)36-15-14-22-12-13-25(32(3,4)5)16-24(22)19-36/h6-13,16-18H,14-15,19H2,1-5H3,(H2,33,34,35,37). The van der Waals surface area contributed by atoms with Crippen molar-refractivity contribution in [1.29, 1.82) is 0 Å². The first-order valence-electron chi connectivity index (χ1n) is 13.2. The number of carbonyl (C=O) groups is 1. The highest BCUT2D eigenvalue weighted by Crippen LogP contribution is 2.31. The topological polar surface area (TPSA) is 78.4 Å². The molecule has 6 nitrogen and oxygen atoms in total. The highest BCUT2D eigenvalue weighted by molar-refractivity contribution is 8.00. The molecule has 0 radical (unpaired) electrons. The molecule has 4 aromatic rings. The second kappa shape index (κ2) is 10.7. The molecule has 7 heteroatoms. The molecule has 1 aliphatic heterocycles. The average Bonchev–Trinajstić information content (AvgIpc) is 2.90. The number of benzene rings is 3. The van der Waals surface area contributed by atoms with Crippen LogP contribution in [-0.2, 0) is 18.4 Å². The van der Waals surface area contributed by atoms with Crippen LogP contribution >= 0.6 is 11.9 Å². The first kappa shape index (κ1) is 26.8. The molecule has 3 aromatic carbocycles. The van der Waals surface area contributed by atoms with Crippen molar-refractivity contribution in [3.05, 3.63) is 100 Å². The van der Waals surface area contributed by atoms with Gasteiger partial charge >= 0.3 is 0 Å². The van der Waals surface area contributed by atoms with Gasteiger partial charge in [0.1, 0.15) is 0 Å². The molecule has 0 aliphatic carbocycles. The zero-order chi connectivity index (χ0) is 27.7. The Morgan fingerprint density at radius 1 is 0.949 bits per heavy atom. The maximum absolute atomic E-state index is 13.5. The number of aromatic nitrogens is 2. The van der Waals surface area contributed by atoms with Gasteiger partial charge in [-0.1, -0.05) is 63.2 Å². The number of hydrogen-bond donors (Lipinski definition) is 2. The summed E-state index contributed by atoms with van der Waals surface area (Å²) in [5.74, 6) is 0.224. The number of hydrogen-bond acceptors (Lipinski definition) is 6. The van der Waals surface area contributed by atoms with Gasteiger partial charge in [0.05, 0.1) is 5.69 Å². The summed E-state index contributed by atoms with van der Waals surface area (Å²) in [4.78, 5) is 25.0. The van der Waals surface area contributed by atoms with Gasteiger partial charge in [0, 0.05) is 35.2 Å². The molecule has 39 heavy (non-hydrogen) atoms. The van der Waals surface area contributed by atoms with Crippen LogP contribution < -0.4 is 4.72 Å².